The highest BCUT2D eigenvalue weighted by Gasteiger charge is 2.14. The molecule has 1 amide bonds. The van der Waals surface area contributed by atoms with Gasteiger partial charge in [0.05, 0.1) is 23.3 Å². The van der Waals surface area contributed by atoms with Gasteiger partial charge in [-0.1, -0.05) is 59.8 Å². The summed E-state index contributed by atoms with van der Waals surface area (Å²) in [5.41, 5.74) is 7.60. The third-order valence-electron chi connectivity index (χ3n) is 4.88. The molecule has 30 heavy (non-hydrogen) atoms. The Morgan fingerprint density at radius 2 is 1.70 bits per heavy atom. The quantitative estimate of drug-likeness (QED) is 0.409. The zero-order valence-electron chi connectivity index (χ0n) is 17.5. The molecule has 1 N–H and O–H groups in total. The third-order valence-corrected chi connectivity index (χ3v) is 5.86. The maximum Gasteiger partial charge on any atom is 0.234 e. The molecule has 152 valence electrons. The van der Waals surface area contributed by atoms with Gasteiger partial charge in [0.1, 0.15) is 0 Å². The molecule has 0 unspecified atom stereocenters. The molecule has 0 radical (unpaired) electrons. The van der Waals surface area contributed by atoms with Crippen molar-refractivity contribution in [3.05, 3.63) is 89.0 Å². The van der Waals surface area contributed by atoms with Crippen molar-refractivity contribution >= 4 is 34.4 Å². The zero-order valence-corrected chi connectivity index (χ0v) is 18.3. The minimum absolute atomic E-state index is 0.0286. The molecule has 4 rings (SSSR count). The molecule has 5 heteroatoms. The van der Waals surface area contributed by atoms with Gasteiger partial charge in [-0.25, -0.2) is 4.98 Å². The van der Waals surface area contributed by atoms with Crippen LogP contribution in [-0.4, -0.2) is 21.2 Å². The standard InChI is InChI=1S/C25H25N3OS/c1-17-7-6-8-20(12-17)15-28-23-10-5-4-9-22(23)27-25(28)30-16-24(29)26-21-13-18(2)11-19(3)14-21/h4-14H,15-16H2,1-3H3,(H,26,29). The lowest BCUT2D eigenvalue weighted by atomic mass is 10.1. The maximum absolute atomic E-state index is 12.6. The largest absolute Gasteiger partial charge is 0.325 e. The Kier molecular flexibility index (Phi) is 5.91. The van der Waals surface area contributed by atoms with E-state index in [1.54, 1.807) is 0 Å². The summed E-state index contributed by atoms with van der Waals surface area (Å²) >= 11 is 1.47. The first-order chi connectivity index (χ1) is 14.5. The second-order valence-corrected chi connectivity index (χ2v) is 8.61. The summed E-state index contributed by atoms with van der Waals surface area (Å²) in [5, 5.41) is 3.86. The van der Waals surface area contributed by atoms with Crippen LogP contribution in [0.5, 0.6) is 0 Å². The number of carbonyl (C=O) groups excluding carboxylic acids is 1. The Labute approximate surface area is 181 Å². The number of carbonyl (C=O) groups is 1. The van der Waals surface area contributed by atoms with Crippen LogP contribution in [0.3, 0.4) is 0 Å². The number of anilines is 1. The van der Waals surface area contributed by atoms with Gasteiger partial charge in [0.25, 0.3) is 0 Å². The number of thioether (sulfide) groups is 1. The van der Waals surface area contributed by atoms with Crippen molar-refractivity contribution in [1.82, 2.24) is 9.55 Å². The summed E-state index contributed by atoms with van der Waals surface area (Å²) in [5.74, 6) is 0.281. The Bertz CT molecular complexity index is 1190. The zero-order chi connectivity index (χ0) is 21.1. The second-order valence-electron chi connectivity index (χ2n) is 7.67. The molecule has 0 bridgehead atoms. The Balaban J connectivity index is 1.54. The SMILES string of the molecule is Cc1cccc(Cn2c(SCC(=O)Nc3cc(C)cc(C)c3)nc3ccccc32)c1. The van der Waals surface area contributed by atoms with E-state index in [-0.39, 0.29) is 5.91 Å². The number of rotatable bonds is 6. The second kappa shape index (κ2) is 8.76. The molecule has 1 aromatic heterocycles. The van der Waals surface area contributed by atoms with Crippen LogP contribution < -0.4 is 5.32 Å². The van der Waals surface area contributed by atoms with Crippen LogP contribution in [0.2, 0.25) is 0 Å². The van der Waals surface area contributed by atoms with E-state index < -0.39 is 0 Å². The van der Waals surface area contributed by atoms with E-state index in [9.17, 15) is 4.79 Å². The van der Waals surface area contributed by atoms with E-state index in [2.05, 4.69) is 53.2 Å². The predicted molar refractivity (Wildman–Crippen MR) is 125 cm³/mol. The van der Waals surface area contributed by atoms with Gasteiger partial charge in [-0.05, 0) is 61.7 Å². The van der Waals surface area contributed by atoms with Gasteiger partial charge in [-0.2, -0.15) is 0 Å². The van der Waals surface area contributed by atoms with Gasteiger partial charge in [-0.15, -0.1) is 0 Å². The normalized spacial score (nSPS) is 11.0. The van der Waals surface area contributed by atoms with E-state index in [0.29, 0.717) is 5.75 Å². The molecule has 0 saturated heterocycles. The van der Waals surface area contributed by atoms with E-state index in [1.165, 1.54) is 22.9 Å². The minimum Gasteiger partial charge on any atom is -0.325 e. The van der Waals surface area contributed by atoms with Crippen molar-refractivity contribution in [2.45, 2.75) is 32.5 Å². The van der Waals surface area contributed by atoms with Crippen LogP contribution in [0.1, 0.15) is 22.3 Å². The van der Waals surface area contributed by atoms with Gasteiger partial charge in [0, 0.05) is 5.69 Å². The molecule has 4 aromatic rings. The lowest BCUT2D eigenvalue weighted by molar-refractivity contribution is -0.113. The number of nitrogens with one attached hydrogen (secondary N) is 1. The van der Waals surface area contributed by atoms with Gasteiger partial charge < -0.3 is 9.88 Å². The summed E-state index contributed by atoms with van der Waals surface area (Å²) < 4.78 is 2.19. The number of fused-ring (bicyclic) bond motifs is 1. The number of aromatic nitrogens is 2. The Morgan fingerprint density at radius 3 is 2.47 bits per heavy atom. The number of hydrogen-bond donors (Lipinski definition) is 1. The molecular weight excluding hydrogens is 390 g/mol. The number of imidazole rings is 1. The van der Waals surface area contributed by atoms with Crippen LogP contribution >= 0.6 is 11.8 Å². The highest BCUT2D eigenvalue weighted by molar-refractivity contribution is 7.99. The number of amides is 1. The fourth-order valence-electron chi connectivity index (χ4n) is 3.68. The number of hydrogen-bond acceptors (Lipinski definition) is 3. The summed E-state index contributed by atoms with van der Waals surface area (Å²) in [6.45, 7) is 6.89. The van der Waals surface area contributed by atoms with Crippen LogP contribution in [-0.2, 0) is 11.3 Å². The number of para-hydroxylation sites is 2. The van der Waals surface area contributed by atoms with Crippen molar-refractivity contribution in [2.75, 3.05) is 11.1 Å². The molecule has 0 fully saturated rings. The molecule has 3 aromatic carbocycles. The van der Waals surface area contributed by atoms with Gasteiger partial charge in [0.2, 0.25) is 5.91 Å². The molecule has 0 saturated carbocycles. The number of nitrogens with zero attached hydrogens (tertiary/aromatic N) is 2. The van der Waals surface area contributed by atoms with Crippen LogP contribution in [0.25, 0.3) is 11.0 Å². The van der Waals surface area contributed by atoms with Crippen molar-refractivity contribution in [1.29, 1.82) is 0 Å². The molecule has 1 heterocycles. The van der Waals surface area contributed by atoms with Crippen molar-refractivity contribution in [2.24, 2.45) is 0 Å². The fraction of sp³-hybridized carbons (Fsp3) is 0.200. The number of aryl methyl sites for hydroxylation is 3. The topological polar surface area (TPSA) is 46.9 Å². The van der Waals surface area contributed by atoms with Crippen molar-refractivity contribution in [3.8, 4) is 0 Å². The van der Waals surface area contributed by atoms with Crippen LogP contribution in [0.15, 0.2) is 71.9 Å². The van der Waals surface area contributed by atoms with Gasteiger partial charge in [-0.3, -0.25) is 4.79 Å². The van der Waals surface area contributed by atoms with E-state index in [4.69, 9.17) is 4.98 Å². The molecular formula is C25H25N3OS. The van der Waals surface area contributed by atoms with Gasteiger partial charge >= 0.3 is 0 Å². The van der Waals surface area contributed by atoms with Crippen molar-refractivity contribution in [3.63, 3.8) is 0 Å². The summed E-state index contributed by atoms with van der Waals surface area (Å²) in [6.07, 6.45) is 0. The predicted octanol–water partition coefficient (Wildman–Crippen LogP) is 5.74. The molecule has 0 atom stereocenters. The fourth-order valence-corrected chi connectivity index (χ4v) is 4.50. The lowest BCUT2D eigenvalue weighted by Crippen LogP contribution is -2.15. The molecule has 0 aliphatic rings. The summed E-state index contributed by atoms with van der Waals surface area (Å²) in [6, 6.07) is 22.7. The average molecular weight is 416 g/mol. The van der Waals surface area contributed by atoms with Crippen molar-refractivity contribution < 1.29 is 4.79 Å². The first-order valence-corrected chi connectivity index (χ1v) is 11.0. The summed E-state index contributed by atoms with van der Waals surface area (Å²) in [7, 11) is 0. The van der Waals surface area contributed by atoms with Crippen LogP contribution in [0.4, 0.5) is 5.69 Å². The Hall–Kier alpha value is -3.05. The van der Waals surface area contributed by atoms with Crippen LogP contribution in [0, 0.1) is 20.8 Å². The van der Waals surface area contributed by atoms with E-state index >= 15 is 0 Å². The maximum atomic E-state index is 12.6. The Morgan fingerprint density at radius 1 is 0.933 bits per heavy atom. The highest BCUT2D eigenvalue weighted by Crippen LogP contribution is 2.26. The number of benzene rings is 3. The molecule has 0 spiro atoms. The van der Waals surface area contributed by atoms with E-state index in [1.807, 2.05) is 44.2 Å². The molecule has 0 aliphatic heterocycles. The average Bonchev–Trinajstić information content (AvgIpc) is 3.03. The first-order valence-electron chi connectivity index (χ1n) is 10.00. The minimum atomic E-state index is -0.0286. The highest BCUT2D eigenvalue weighted by atomic mass is 32.2. The summed E-state index contributed by atoms with van der Waals surface area (Å²) in [4.78, 5) is 17.4. The smallest absolute Gasteiger partial charge is 0.234 e. The molecule has 0 aliphatic carbocycles. The molecule has 4 nitrogen and oxygen atoms in total. The van der Waals surface area contributed by atoms with E-state index in [0.717, 1.165) is 39.5 Å². The monoisotopic (exact) mass is 415 g/mol. The van der Waals surface area contributed by atoms with Gasteiger partial charge in [0.15, 0.2) is 5.16 Å². The first kappa shape index (κ1) is 20.2. The third kappa shape index (κ3) is 4.74. The lowest BCUT2D eigenvalue weighted by Gasteiger charge is -2.10.